The smallest absolute Gasteiger partial charge is 0.235 e. The van der Waals surface area contributed by atoms with Gasteiger partial charge in [0.05, 0.1) is 10.9 Å². The van der Waals surface area contributed by atoms with Gasteiger partial charge in [-0.2, -0.15) is 0 Å². The van der Waals surface area contributed by atoms with Crippen LogP contribution in [-0.2, 0) is 10.0 Å². The Balaban J connectivity index is 2.23. The standard InChI is InChI=1S/C13H17F2NO2S/c1-9-11(14)7-8-12(13(9)15)16-19(17,18)10-5-3-2-4-6-10/h7-8,10,16H,2-6H2,1H3. The molecule has 0 aliphatic heterocycles. The zero-order valence-corrected chi connectivity index (χ0v) is 11.6. The lowest BCUT2D eigenvalue weighted by Gasteiger charge is -2.22. The zero-order valence-electron chi connectivity index (χ0n) is 10.7. The SMILES string of the molecule is Cc1c(F)ccc(NS(=O)(=O)C2CCCCC2)c1F. The van der Waals surface area contributed by atoms with Gasteiger partial charge in [-0.25, -0.2) is 17.2 Å². The van der Waals surface area contributed by atoms with Gasteiger partial charge in [0.1, 0.15) is 5.82 Å². The van der Waals surface area contributed by atoms with Crippen LogP contribution in [0.2, 0.25) is 0 Å². The molecule has 6 heteroatoms. The Morgan fingerprint density at radius 3 is 2.42 bits per heavy atom. The summed E-state index contributed by atoms with van der Waals surface area (Å²) in [5.74, 6) is -1.53. The predicted octanol–water partition coefficient (Wildman–Crippen LogP) is 3.35. The molecular weight excluding hydrogens is 272 g/mol. The fraction of sp³-hybridized carbons (Fsp3) is 0.538. The number of benzene rings is 1. The Morgan fingerprint density at radius 2 is 1.79 bits per heavy atom. The minimum atomic E-state index is -3.60. The molecule has 0 bridgehead atoms. The van der Waals surface area contributed by atoms with Gasteiger partial charge in [-0.1, -0.05) is 19.3 Å². The summed E-state index contributed by atoms with van der Waals surface area (Å²) >= 11 is 0. The van der Waals surface area contributed by atoms with Gasteiger partial charge < -0.3 is 0 Å². The second-order valence-corrected chi connectivity index (χ2v) is 6.90. The number of nitrogens with one attached hydrogen (secondary N) is 1. The summed E-state index contributed by atoms with van der Waals surface area (Å²) in [6, 6.07) is 2.19. The van der Waals surface area contributed by atoms with Crippen molar-refractivity contribution in [2.45, 2.75) is 44.3 Å². The van der Waals surface area contributed by atoms with Crippen LogP contribution in [0.15, 0.2) is 12.1 Å². The lowest BCUT2D eigenvalue weighted by molar-refractivity contribution is 0.485. The first-order valence-corrected chi connectivity index (χ1v) is 7.92. The Hall–Kier alpha value is -1.17. The third-order valence-electron chi connectivity index (χ3n) is 3.56. The quantitative estimate of drug-likeness (QED) is 0.927. The van der Waals surface area contributed by atoms with Crippen molar-refractivity contribution in [3.8, 4) is 0 Å². The van der Waals surface area contributed by atoms with Crippen LogP contribution in [0, 0.1) is 18.6 Å². The van der Waals surface area contributed by atoms with E-state index < -0.39 is 26.9 Å². The molecule has 0 amide bonds. The minimum absolute atomic E-state index is 0.176. The predicted molar refractivity (Wildman–Crippen MR) is 70.5 cm³/mol. The van der Waals surface area contributed by atoms with Crippen LogP contribution < -0.4 is 4.72 Å². The molecule has 106 valence electrons. The Kier molecular flexibility index (Phi) is 4.08. The van der Waals surface area contributed by atoms with Crippen LogP contribution in [0.1, 0.15) is 37.7 Å². The fourth-order valence-corrected chi connectivity index (χ4v) is 3.94. The molecule has 1 aliphatic rings. The molecule has 19 heavy (non-hydrogen) atoms. The van der Waals surface area contributed by atoms with Crippen LogP contribution in [0.4, 0.5) is 14.5 Å². The number of halogens is 2. The van der Waals surface area contributed by atoms with Crippen LogP contribution in [0.3, 0.4) is 0 Å². The summed E-state index contributed by atoms with van der Waals surface area (Å²) in [5.41, 5.74) is -0.353. The molecule has 1 aromatic carbocycles. The monoisotopic (exact) mass is 289 g/mol. The lowest BCUT2D eigenvalue weighted by atomic mass is 10.0. The third-order valence-corrected chi connectivity index (χ3v) is 5.42. The van der Waals surface area contributed by atoms with E-state index in [1.807, 2.05) is 0 Å². The first-order valence-electron chi connectivity index (χ1n) is 6.38. The second kappa shape index (κ2) is 5.45. The normalized spacial score (nSPS) is 17.4. The van der Waals surface area contributed by atoms with E-state index in [0.717, 1.165) is 31.4 Å². The summed E-state index contributed by atoms with van der Waals surface area (Å²) in [7, 11) is -3.60. The van der Waals surface area contributed by atoms with Gasteiger partial charge in [0.25, 0.3) is 0 Å². The lowest BCUT2D eigenvalue weighted by Crippen LogP contribution is -2.30. The first-order chi connectivity index (χ1) is 8.92. The molecule has 1 aromatic rings. The highest BCUT2D eigenvalue weighted by Crippen LogP contribution is 2.27. The summed E-state index contributed by atoms with van der Waals surface area (Å²) in [4.78, 5) is 0. The van der Waals surface area contributed by atoms with Crippen LogP contribution in [0.5, 0.6) is 0 Å². The highest BCUT2D eigenvalue weighted by Gasteiger charge is 2.28. The van der Waals surface area contributed by atoms with Crippen LogP contribution in [0.25, 0.3) is 0 Å². The summed E-state index contributed by atoms with van der Waals surface area (Å²) < 4.78 is 53.4. The topological polar surface area (TPSA) is 46.2 Å². The molecule has 0 heterocycles. The molecule has 0 atom stereocenters. The minimum Gasteiger partial charge on any atom is -0.280 e. The van der Waals surface area contributed by atoms with Gasteiger partial charge in [-0.15, -0.1) is 0 Å². The molecule has 1 saturated carbocycles. The number of anilines is 1. The van der Waals surface area contributed by atoms with Gasteiger partial charge in [-0.3, -0.25) is 4.72 Å². The molecule has 1 fully saturated rings. The first kappa shape index (κ1) is 14.2. The van der Waals surface area contributed by atoms with Crippen molar-refractivity contribution < 1.29 is 17.2 Å². The maximum atomic E-state index is 13.8. The van der Waals surface area contributed by atoms with Gasteiger partial charge in [0, 0.05) is 5.56 Å². The largest absolute Gasteiger partial charge is 0.280 e. The summed E-state index contributed by atoms with van der Waals surface area (Å²) in [6.07, 6.45) is 3.97. The molecule has 1 aliphatic carbocycles. The number of hydrogen-bond acceptors (Lipinski definition) is 2. The van der Waals surface area contributed by atoms with Gasteiger partial charge >= 0.3 is 0 Å². The molecule has 1 N–H and O–H groups in total. The molecule has 0 saturated heterocycles. The highest BCUT2D eigenvalue weighted by molar-refractivity contribution is 7.93. The van der Waals surface area contributed by atoms with E-state index in [4.69, 9.17) is 0 Å². The van der Waals surface area contributed by atoms with Gasteiger partial charge in [0.15, 0.2) is 5.82 Å². The molecule has 0 unspecified atom stereocenters. The maximum absolute atomic E-state index is 13.8. The van der Waals surface area contributed by atoms with Crippen molar-refractivity contribution >= 4 is 15.7 Å². The van der Waals surface area contributed by atoms with Crippen LogP contribution >= 0.6 is 0 Å². The molecular formula is C13H17F2NO2S. The van der Waals surface area contributed by atoms with E-state index in [1.165, 1.54) is 6.92 Å². The van der Waals surface area contributed by atoms with E-state index in [-0.39, 0.29) is 11.3 Å². The van der Waals surface area contributed by atoms with Crippen molar-refractivity contribution in [3.05, 3.63) is 29.3 Å². The average Bonchev–Trinajstić information content (AvgIpc) is 2.40. The summed E-state index contributed by atoms with van der Waals surface area (Å²) in [6.45, 7) is 1.28. The van der Waals surface area contributed by atoms with E-state index >= 15 is 0 Å². The maximum Gasteiger partial charge on any atom is 0.235 e. The Labute approximate surface area is 112 Å². The van der Waals surface area contributed by atoms with Crippen molar-refractivity contribution in [1.82, 2.24) is 0 Å². The molecule has 0 radical (unpaired) electrons. The zero-order chi connectivity index (χ0) is 14.0. The average molecular weight is 289 g/mol. The van der Waals surface area contributed by atoms with Crippen molar-refractivity contribution in [1.29, 1.82) is 0 Å². The highest BCUT2D eigenvalue weighted by atomic mass is 32.2. The van der Waals surface area contributed by atoms with E-state index in [0.29, 0.717) is 12.8 Å². The van der Waals surface area contributed by atoms with Gasteiger partial charge in [0.2, 0.25) is 10.0 Å². The molecule has 0 aromatic heterocycles. The molecule has 3 nitrogen and oxygen atoms in total. The van der Waals surface area contributed by atoms with E-state index in [9.17, 15) is 17.2 Å². The van der Waals surface area contributed by atoms with Crippen molar-refractivity contribution in [2.75, 3.05) is 4.72 Å². The third kappa shape index (κ3) is 3.05. The van der Waals surface area contributed by atoms with Gasteiger partial charge in [-0.05, 0) is 31.9 Å². The van der Waals surface area contributed by atoms with Crippen molar-refractivity contribution in [3.63, 3.8) is 0 Å². The number of sulfonamides is 1. The second-order valence-electron chi connectivity index (χ2n) is 4.94. The number of rotatable bonds is 3. The summed E-state index contributed by atoms with van der Waals surface area (Å²) in [5, 5.41) is -0.481. The van der Waals surface area contributed by atoms with E-state index in [2.05, 4.69) is 4.72 Å². The van der Waals surface area contributed by atoms with Crippen LogP contribution in [-0.4, -0.2) is 13.7 Å². The fourth-order valence-electron chi connectivity index (χ4n) is 2.35. The van der Waals surface area contributed by atoms with Crippen molar-refractivity contribution in [2.24, 2.45) is 0 Å². The Morgan fingerprint density at radius 1 is 1.16 bits per heavy atom. The molecule has 2 rings (SSSR count). The van der Waals surface area contributed by atoms with E-state index in [1.54, 1.807) is 0 Å². The molecule has 0 spiro atoms. The number of hydrogen-bond donors (Lipinski definition) is 1. The Bertz CT molecular complexity index is 566.